The predicted octanol–water partition coefficient (Wildman–Crippen LogP) is 2.31. The van der Waals surface area contributed by atoms with Gasteiger partial charge in [-0.3, -0.25) is 0 Å². The van der Waals surface area contributed by atoms with Crippen LogP contribution in [0, 0.1) is 17.2 Å². The number of aromatic amines is 1. The first-order valence-electron chi connectivity index (χ1n) is 7.65. The van der Waals surface area contributed by atoms with Gasteiger partial charge in [-0.25, -0.2) is 9.97 Å². The Morgan fingerprint density at radius 2 is 2.36 bits per heavy atom. The van der Waals surface area contributed by atoms with Gasteiger partial charge in [-0.1, -0.05) is 0 Å². The molecule has 1 unspecified atom stereocenters. The van der Waals surface area contributed by atoms with Gasteiger partial charge in [-0.05, 0) is 25.3 Å². The molecule has 0 aromatic carbocycles. The number of aromatic nitrogens is 4. The smallest absolute Gasteiger partial charge is 0.139 e. The summed E-state index contributed by atoms with van der Waals surface area (Å²) in [7, 11) is 0. The average Bonchev–Trinajstić information content (AvgIpc) is 3.23. The standard InChI is InChI=1S/C16H17N5O/c17-8-10-1-2-11(7-10)21-14(4-6-22)20-13-9-19-16-12(15(13)21)3-5-18-16/h3,5,9-11,22H,1-2,4,6-7H2,(H,18,19)/t10?,11-/m1/s1. The van der Waals surface area contributed by atoms with Gasteiger partial charge in [-0.15, -0.1) is 0 Å². The fourth-order valence-corrected chi connectivity index (χ4v) is 3.62. The maximum atomic E-state index is 9.36. The van der Waals surface area contributed by atoms with E-state index >= 15 is 0 Å². The van der Waals surface area contributed by atoms with E-state index < -0.39 is 0 Å². The Morgan fingerprint density at radius 3 is 3.14 bits per heavy atom. The molecule has 0 bridgehead atoms. The molecule has 0 saturated heterocycles. The molecule has 2 N–H and O–H groups in total. The fourth-order valence-electron chi connectivity index (χ4n) is 3.62. The minimum absolute atomic E-state index is 0.0709. The molecular weight excluding hydrogens is 278 g/mol. The van der Waals surface area contributed by atoms with Crippen LogP contribution in [0.1, 0.15) is 31.1 Å². The lowest BCUT2D eigenvalue weighted by atomic mass is 10.1. The van der Waals surface area contributed by atoms with Gasteiger partial charge in [0.05, 0.1) is 24.4 Å². The second-order valence-electron chi connectivity index (χ2n) is 5.90. The minimum atomic E-state index is 0.0709. The van der Waals surface area contributed by atoms with E-state index in [1.54, 1.807) is 6.20 Å². The molecule has 0 aliphatic heterocycles. The Hall–Kier alpha value is -2.39. The quantitative estimate of drug-likeness (QED) is 0.775. The van der Waals surface area contributed by atoms with Crippen LogP contribution in [-0.4, -0.2) is 31.2 Å². The number of imidazole rings is 1. The number of nitriles is 1. The summed E-state index contributed by atoms with van der Waals surface area (Å²) in [5.74, 6) is 1.00. The molecule has 3 heterocycles. The summed E-state index contributed by atoms with van der Waals surface area (Å²) in [6.45, 7) is 0.0709. The summed E-state index contributed by atoms with van der Waals surface area (Å²) >= 11 is 0. The highest BCUT2D eigenvalue weighted by molar-refractivity contribution is 6.01. The van der Waals surface area contributed by atoms with Gasteiger partial charge in [0, 0.05) is 30.0 Å². The number of hydrogen-bond donors (Lipinski definition) is 2. The van der Waals surface area contributed by atoms with Crippen molar-refractivity contribution >= 4 is 22.1 Å². The van der Waals surface area contributed by atoms with Gasteiger partial charge < -0.3 is 14.7 Å². The van der Waals surface area contributed by atoms with Crippen LogP contribution in [0.15, 0.2) is 18.5 Å². The zero-order chi connectivity index (χ0) is 15.1. The van der Waals surface area contributed by atoms with Crippen LogP contribution in [0.3, 0.4) is 0 Å². The summed E-state index contributed by atoms with van der Waals surface area (Å²) in [6, 6.07) is 4.68. The molecule has 2 atom stereocenters. The molecule has 0 spiro atoms. The van der Waals surface area contributed by atoms with Gasteiger partial charge in [0.15, 0.2) is 0 Å². The highest BCUT2D eigenvalue weighted by atomic mass is 16.3. The summed E-state index contributed by atoms with van der Waals surface area (Å²) in [5, 5.41) is 19.6. The molecule has 112 valence electrons. The number of fused-ring (bicyclic) bond motifs is 3. The number of nitrogens with one attached hydrogen (secondary N) is 1. The average molecular weight is 295 g/mol. The molecule has 1 saturated carbocycles. The number of H-pyrrole nitrogens is 1. The van der Waals surface area contributed by atoms with Gasteiger partial charge in [0.2, 0.25) is 0 Å². The molecule has 6 heteroatoms. The van der Waals surface area contributed by atoms with Crippen molar-refractivity contribution in [3.8, 4) is 6.07 Å². The SMILES string of the molecule is N#CC1CC[C@@H](n2c(CCO)nc3cnc4[nH]ccc4c32)C1. The Bertz CT molecular complexity index is 872. The summed E-state index contributed by atoms with van der Waals surface area (Å²) in [6.07, 6.45) is 6.95. The van der Waals surface area contributed by atoms with Crippen LogP contribution < -0.4 is 0 Å². The highest BCUT2D eigenvalue weighted by Gasteiger charge is 2.29. The number of aliphatic hydroxyl groups is 1. The second kappa shape index (κ2) is 5.11. The van der Waals surface area contributed by atoms with E-state index in [9.17, 15) is 10.4 Å². The maximum absolute atomic E-state index is 9.36. The fraction of sp³-hybridized carbons (Fsp3) is 0.438. The lowest BCUT2D eigenvalue weighted by Crippen LogP contribution is -2.11. The molecule has 0 radical (unpaired) electrons. The van der Waals surface area contributed by atoms with Gasteiger partial charge >= 0.3 is 0 Å². The Kier molecular flexibility index (Phi) is 3.09. The molecule has 4 rings (SSSR count). The lowest BCUT2D eigenvalue weighted by molar-refractivity contribution is 0.293. The summed E-state index contributed by atoms with van der Waals surface area (Å²) < 4.78 is 2.24. The Labute approximate surface area is 127 Å². The normalized spacial score (nSPS) is 21.6. The molecule has 1 aliphatic rings. The van der Waals surface area contributed by atoms with Crippen molar-refractivity contribution < 1.29 is 5.11 Å². The van der Waals surface area contributed by atoms with Gasteiger partial charge in [0.1, 0.15) is 17.0 Å². The van der Waals surface area contributed by atoms with Gasteiger partial charge in [-0.2, -0.15) is 5.26 Å². The highest BCUT2D eigenvalue weighted by Crippen LogP contribution is 2.38. The van der Waals surface area contributed by atoms with Crippen LogP contribution in [-0.2, 0) is 6.42 Å². The number of pyridine rings is 1. The third kappa shape index (κ3) is 1.90. The number of nitrogens with zero attached hydrogens (tertiary/aromatic N) is 4. The van der Waals surface area contributed by atoms with Crippen molar-refractivity contribution in [2.75, 3.05) is 6.61 Å². The maximum Gasteiger partial charge on any atom is 0.139 e. The monoisotopic (exact) mass is 295 g/mol. The summed E-state index contributed by atoms with van der Waals surface area (Å²) in [4.78, 5) is 12.2. The van der Waals surface area contributed by atoms with E-state index in [0.717, 1.165) is 47.2 Å². The lowest BCUT2D eigenvalue weighted by Gasteiger charge is -2.16. The van der Waals surface area contributed by atoms with Crippen LogP contribution >= 0.6 is 0 Å². The molecule has 6 nitrogen and oxygen atoms in total. The third-order valence-corrected chi connectivity index (χ3v) is 4.60. The molecule has 0 amide bonds. The minimum Gasteiger partial charge on any atom is -0.396 e. The van der Waals surface area contributed by atoms with Gasteiger partial charge in [0.25, 0.3) is 0 Å². The Balaban J connectivity index is 1.95. The van der Waals surface area contributed by atoms with Crippen LogP contribution in [0.2, 0.25) is 0 Å². The molecule has 22 heavy (non-hydrogen) atoms. The van der Waals surface area contributed by atoms with Crippen molar-refractivity contribution in [2.24, 2.45) is 5.92 Å². The topological polar surface area (TPSA) is 90.5 Å². The van der Waals surface area contributed by atoms with Crippen molar-refractivity contribution in [3.63, 3.8) is 0 Å². The largest absolute Gasteiger partial charge is 0.396 e. The zero-order valence-electron chi connectivity index (χ0n) is 12.2. The van der Waals surface area contributed by atoms with Crippen molar-refractivity contribution in [3.05, 3.63) is 24.3 Å². The van der Waals surface area contributed by atoms with Crippen LogP contribution in [0.4, 0.5) is 0 Å². The second-order valence-corrected chi connectivity index (χ2v) is 5.90. The van der Waals surface area contributed by atoms with E-state index in [0.29, 0.717) is 6.42 Å². The molecule has 1 aliphatic carbocycles. The zero-order valence-corrected chi connectivity index (χ0v) is 12.2. The predicted molar refractivity (Wildman–Crippen MR) is 82.2 cm³/mol. The molecular formula is C16H17N5O. The first-order valence-corrected chi connectivity index (χ1v) is 7.65. The molecule has 3 aromatic heterocycles. The number of aliphatic hydroxyl groups excluding tert-OH is 1. The summed E-state index contributed by atoms with van der Waals surface area (Å²) in [5.41, 5.74) is 2.77. The van der Waals surface area contributed by atoms with E-state index in [1.165, 1.54) is 0 Å². The van der Waals surface area contributed by atoms with E-state index in [2.05, 4.69) is 25.6 Å². The Morgan fingerprint density at radius 1 is 1.45 bits per heavy atom. The van der Waals surface area contributed by atoms with Crippen LogP contribution in [0.25, 0.3) is 22.1 Å². The number of rotatable bonds is 3. The van der Waals surface area contributed by atoms with Crippen molar-refractivity contribution in [1.29, 1.82) is 5.26 Å². The molecule has 1 fully saturated rings. The number of hydrogen-bond acceptors (Lipinski definition) is 4. The first-order chi connectivity index (χ1) is 10.8. The van der Waals surface area contributed by atoms with Crippen LogP contribution in [0.5, 0.6) is 0 Å². The van der Waals surface area contributed by atoms with E-state index in [4.69, 9.17) is 0 Å². The van der Waals surface area contributed by atoms with E-state index in [-0.39, 0.29) is 18.6 Å². The third-order valence-electron chi connectivity index (χ3n) is 4.60. The van der Waals surface area contributed by atoms with E-state index in [1.807, 2.05) is 12.3 Å². The first kappa shape index (κ1) is 13.3. The molecule has 3 aromatic rings. The van der Waals surface area contributed by atoms with Crippen molar-refractivity contribution in [1.82, 2.24) is 19.5 Å². The van der Waals surface area contributed by atoms with Crippen molar-refractivity contribution in [2.45, 2.75) is 31.7 Å².